The van der Waals surface area contributed by atoms with Crippen molar-refractivity contribution in [2.24, 2.45) is 0 Å². The molecule has 3 aliphatic rings. The van der Waals surface area contributed by atoms with Gasteiger partial charge in [0.1, 0.15) is 11.9 Å². The lowest BCUT2D eigenvalue weighted by atomic mass is 10.0. The van der Waals surface area contributed by atoms with Crippen LogP contribution in [0.25, 0.3) is 0 Å². The van der Waals surface area contributed by atoms with Gasteiger partial charge in [-0.25, -0.2) is 4.39 Å². The molecule has 4 amide bonds. The van der Waals surface area contributed by atoms with E-state index < -0.39 is 29.7 Å². The molecule has 2 fully saturated rings. The fraction of sp³-hybridized carbons (Fsp3) is 0.467. The Morgan fingerprint density at radius 3 is 2.45 bits per heavy atom. The second-order valence-electron chi connectivity index (χ2n) is 11.7. The van der Waals surface area contributed by atoms with Crippen LogP contribution in [0.3, 0.4) is 0 Å². The van der Waals surface area contributed by atoms with E-state index in [9.17, 15) is 19.2 Å². The van der Waals surface area contributed by atoms with E-state index in [0.29, 0.717) is 17.8 Å². The Morgan fingerprint density at radius 2 is 1.77 bits per heavy atom. The number of fused-ring (bicyclic) bond motifs is 1. The molecular weight excluding hydrogens is 515 g/mol. The summed E-state index contributed by atoms with van der Waals surface area (Å²) in [4.78, 5) is 53.4. The Balaban J connectivity index is 1.22. The minimum atomic E-state index is -1.04. The molecule has 0 radical (unpaired) electrons. The van der Waals surface area contributed by atoms with Gasteiger partial charge in [-0.1, -0.05) is 18.2 Å². The lowest BCUT2D eigenvalue weighted by molar-refractivity contribution is -0.136. The molecule has 2 N–H and O–H groups in total. The number of nitrogens with one attached hydrogen (secondary N) is 2. The maximum absolute atomic E-state index is 15.1. The first-order chi connectivity index (χ1) is 19.0. The van der Waals surface area contributed by atoms with Gasteiger partial charge in [0.05, 0.1) is 22.8 Å². The molecule has 40 heavy (non-hydrogen) atoms. The summed E-state index contributed by atoms with van der Waals surface area (Å²) in [6.45, 7) is 8.76. The van der Waals surface area contributed by atoms with Crippen molar-refractivity contribution in [3.05, 3.63) is 64.5 Å². The normalized spacial score (nSPS) is 20.6. The molecule has 212 valence electrons. The molecule has 0 bridgehead atoms. The molecule has 9 nitrogen and oxygen atoms in total. The molecule has 0 saturated carbocycles. The number of anilines is 1. The number of halogens is 1. The summed E-state index contributed by atoms with van der Waals surface area (Å²) in [5.74, 6) is -2.63. The molecule has 10 heteroatoms. The van der Waals surface area contributed by atoms with Crippen LogP contribution >= 0.6 is 0 Å². The molecule has 3 aliphatic heterocycles. The number of carbonyl (C=O) groups is 4. The molecule has 0 spiro atoms. The number of ether oxygens (including phenoxy) is 1. The van der Waals surface area contributed by atoms with Gasteiger partial charge in [-0.2, -0.15) is 0 Å². The first-order valence-corrected chi connectivity index (χ1v) is 13.8. The molecule has 1 atom stereocenters. The van der Waals surface area contributed by atoms with Crippen LogP contribution in [0.5, 0.6) is 0 Å². The second-order valence-corrected chi connectivity index (χ2v) is 11.7. The van der Waals surface area contributed by atoms with E-state index in [1.54, 1.807) is 24.3 Å². The molecule has 2 aromatic carbocycles. The van der Waals surface area contributed by atoms with Crippen molar-refractivity contribution in [1.82, 2.24) is 15.1 Å². The Morgan fingerprint density at radius 1 is 1.02 bits per heavy atom. The van der Waals surface area contributed by atoms with Crippen molar-refractivity contribution in [3.63, 3.8) is 0 Å². The van der Waals surface area contributed by atoms with Gasteiger partial charge in [0.15, 0.2) is 0 Å². The van der Waals surface area contributed by atoms with Crippen LogP contribution in [0.15, 0.2) is 36.4 Å². The Bertz CT molecular complexity index is 1350. The van der Waals surface area contributed by atoms with E-state index in [1.165, 1.54) is 6.07 Å². The average Bonchev–Trinajstić information content (AvgIpc) is 3.14. The third kappa shape index (κ3) is 5.93. The predicted molar refractivity (Wildman–Crippen MR) is 146 cm³/mol. The number of likely N-dealkylation sites (tertiary alicyclic amines) is 1. The van der Waals surface area contributed by atoms with Crippen molar-refractivity contribution in [1.29, 1.82) is 0 Å². The van der Waals surface area contributed by atoms with Gasteiger partial charge < -0.3 is 10.1 Å². The molecule has 3 heterocycles. The van der Waals surface area contributed by atoms with Gasteiger partial charge in [0.25, 0.3) is 11.8 Å². The number of rotatable bonds is 7. The fourth-order valence-electron chi connectivity index (χ4n) is 5.63. The largest absolute Gasteiger partial charge is 0.380 e. The number of carbonyl (C=O) groups excluding carboxylic acids is 4. The van der Waals surface area contributed by atoms with Crippen LogP contribution in [0.4, 0.5) is 10.1 Å². The third-order valence-electron chi connectivity index (χ3n) is 7.52. The average molecular weight is 551 g/mol. The zero-order valence-corrected chi connectivity index (χ0v) is 23.1. The minimum Gasteiger partial charge on any atom is -0.380 e. The summed E-state index contributed by atoms with van der Waals surface area (Å²) in [7, 11) is 0. The summed E-state index contributed by atoms with van der Waals surface area (Å²) >= 11 is 0. The molecule has 2 saturated heterocycles. The molecule has 0 aromatic heterocycles. The van der Waals surface area contributed by atoms with E-state index in [2.05, 4.69) is 36.3 Å². The van der Waals surface area contributed by atoms with Crippen molar-refractivity contribution < 1.29 is 28.3 Å². The van der Waals surface area contributed by atoms with Crippen LogP contribution in [-0.2, 0) is 27.4 Å². The summed E-state index contributed by atoms with van der Waals surface area (Å²) in [6, 6.07) is 8.96. The topological polar surface area (TPSA) is 108 Å². The summed E-state index contributed by atoms with van der Waals surface area (Å²) in [6.07, 6.45) is 2.28. The summed E-state index contributed by atoms with van der Waals surface area (Å²) in [5, 5.41) is 5.29. The van der Waals surface area contributed by atoms with Crippen molar-refractivity contribution >= 4 is 29.3 Å². The lowest BCUT2D eigenvalue weighted by Gasteiger charge is -2.35. The number of imide groups is 2. The molecule has 1 unspecified atom stereocenters. The van der Waals surface area contributed by atoms with Crippen molar-refractivity contribution in [2.45, 2.75) is 77.3 Å². The zero-order valence-electron chi connectivity index (χ0n) is 23.1. The number of amides is 4. The minimum absolute atomic E-state index is 0.0497. The maximum atomic E-state index is 15.1. The molecular formula is C30H35FN4O5. The van der Waals surface area contributed by atoms with E-state index in [4.69, 9.17) is 4.74 Å². The highest BCUT2D eigenvalue weighted by Gasteiger charge is 2.45. The lowest BCUT2D eigenvalue weighted by Crippen LogP contribution is -2.54. The fourth-order valence-corrected chi connectivity index (χ4v) is 5.63. The van der Waals surface area contributed by atoms with Crippen LogP contribution in [0.1, 0.15) is 78.3 Å². The van der Waals surface area contributed by atoms with Crippen LogP contribution < -0.4 is 10.6 Å². The highest BCUT2D eigenvalue weighted by Crippen LogP contribution is 2.33. The predicted octanol–water partition coefficient (Wildman–Crippen LogP) is 3.62. The van der Waals surface area contributed by atoms with Crippen molar-refractivity contribution in [3.8, 4) is 0 Å². The molecule has 2 aromatic rings. The number of piperidine rings is 2. The zero-order chi connectivity index (χ0) is 28.6. The van der Waals surface area contributed by atoms with E-state index in [1.807, 2.05) is 6.07 Å². The van der Waals surface area contributed by atoms with Crippen LogP contribution in [-0.4, -0.2) is 64.3 Å². The number of hydrogen-bond donors (Lipinski definition) is 2. The monoisotopic (exact) mass is 550 g/mol. The van der Waals surface area contributed by atoms with Gasteiger partial charge in [0.2, 0.25) is 11.8 Å². The van der Waals surface area contributed by atoms with Crippen molar-refractivity contribution in [2.75, 3.05) is 18.4 Å². The molecule has 0 aliphatic carbocycles. The van der Waals surface area contributed by atoms with Gasteiger partial charge in [-0.05, 0) is 63.8 Å². The standard InChI is InChI=1S/C30H35FN4O5/c1-30(2,3)40-20-11-13-34(14-12-20)17-18-7-8-19(22(31)15-18)16-32-23-6-4-5-21-26(23)29(39)35(28(21)38)24-9-10-25(36)33-27(24)37/h4-8,15,20,24,32H,9-14,16-17H2,1-3H3,(H,33,36,37). The quantitative estimate of drug-likeness (QED) is 0.507. The Hall–Kier alpha value is -3.63. The highest BCUT2D eigenvalue weighted by molar-refractivity contribution is 6.25. The second kappa shape index (κ2) is 11.1. The number of hydrogen-bond acceptors (Lipinski definition) is 7. The number of nitrogens with zero attached hydrogens (tertiary/aromatic N) is 2. The van der Waals surface area contributed by atoms with Gasteiger partial charge in [-0.15, -0.1) is 0 Å². The summed E-state index contributed by atoms with van der Waals surface area (Å²) in [5.41, 5.74) is 1.86. The first-order valence-electron chi connectivity index (χ1n) is 13.8. The van der Waals surface area contributed by atoms with E-state index in [-0.39, 0.29) is 48.0 Å². The Kier molecular flexibility index (Phi) is 7.74. The number of benzene rings is 2. The van der Waals surface area contributed by atoms with Crippen LogP contribution in [0, 0.1) is 5.82 Å². The highest BCUT2D eigenvalue weighted by atomic mass is 19.1. The Labute approximate surface area is 233 Å². The SMILES string of the molecule is CC(C)(C)OC1CCN(Cc2ccc(CNc3cccc4c3C(=O)N(C3CCC(=O)NC3=O)C4=O)c(F)c2)CC1. The smallest absolute Gasteiger partial charge is 0.264 e. The first kappa shape index (κ1) is 27.9. The van der Waals surface area contributed by atoms with Crippen LogP contribution in [0.2, 0.25) is 0 Å². The maximum Gasteiger partial charge on any atom is 0.264 e. The van der Waals surface area contributed by atoms with Gasteiger partial charge in [0, 0.05) is 43.9 Å². The summed E-state index contributed by atoms with van der Waals surface area (Å²) < 4.78 is 21.2. The van der Waals surface area contributed by atoms with Gasteiger partial charge >= 0.3 is 0 Å². The van der Waals surface area contributed by atoms with E-state index in [0.717, 1.165) is 36.4 Å². The molecule has 5 rings (SSSR count). The third-order valence-corrected chi connectivity index (χ3v) is 7.52. The van der Waals surface area contributed by atoms with E-state index >= 15 is 4.39 Å². The van der Waals surface area contributed by atoms with Gasteiger partial charge in [-0.3, -0.25) is 34.3 Å².